The fraction of sp³-hybridized carbons (Fsp3) is 0.0667. The molecule has 4 nitrogen and oxygen atoms in total. The summed E-state index contributed by atoms with van der Waals surface area (Å²) < 4.78 is 13.9. The van der Waals surface area contributed by atoms with Gasteiger partial charge in [0.1, 0.15) is 5.82 Å². The summed E-state index contributed by atoms with van der Waals surface area (Å²) >= 11 is 5.79. The normalized spacial score (nSPS) is 10.2. The van der Waals surface area contributed by atoms with Crippen molar-refractivity contribution in [3.8, 4) is 0 Å². The average molecular weight is 308 g/mol. The molecule has 0 aliphatic heterocycles. The quantitative estimate of drug-likeness (QED) is 0.907. The van der Waals surface area contributed by atoms with E-state index in [0.717, 1.165) is 0 Å². The van der Waals surface area contributed by atoms with Gasteiger partial charge in [-0.25, -0.2) is 9.18 Å². The van der Waals surface area contributed by atoms with E-state index in [1.54, 1.807) is 6.07 Å². The van der Waals surface area contributed by atoms with E-state index in [0.29, 0.717) is 5.56 Å². The molecule has 2 aromatic rings. The van der Waals surface area contributed by atoms with Gasteiger partial charge < -0.3 is 10.4 Å². The Morgan fingerprint density at radius 2 is 1.90 bits per heavy atom. The van der Waals surface area contributed by atoms with Crippen molar-refractivity contribution in [1.29, 1.82) is 0 Å². The van der Waals surface area contributed by atoms with E-state index < -0.39 is 17.7 Å². The number of carboxylic acid groups (broad SMARTS) is 1. The van der Waals surface area contributed by atoms with Crippen molar-refractivity contribution in [3.05, 3.63) is 63.9 Å². The van der Waals surface area contributed by atoms with E-state index in [9.17, 15) is 14.0 Å². The van der Waals surface area contributed by atoms with Crippen LogP contribution in [0, 0.1) is 12.7 Å². The van der Waals surface area contributed by atoms with Gasteiger partial charge in [0.2, 0.25) is 0 Å². The maximum atomic E-state index is 13.9. The van der Waals surface area contributed by atoms with Gasteiger partial charge in [-0.2, -0.15) is 0 Å². The smallest absolute Gasteiger partial charge is 0.337 e. The van der Waals surface area contributed by atoms with Gasteiger partial charge in [0.25, 0.3) is 5.91 Å². The van der Waals surface area contributed by atoms with Crippen LogP contribution in [0.15, 0.2) is 36.4 Å². The molecule has 0 aliphatic rings. The van der Waals surface area contributed by atoms with Crippen molar-refractivity contribution in [1.82, 2.24) is 0 Å². The van der Waals surface area contributed by atoms with Crippen molar-refractivity contribution in [2.75, 3.05) is 5.32 Å². The molecule has 21 heavy (non-hydrogen) atoms. The standard InChI is InChI=1S/C15H11ClFNO3/c1-8-3-2-4-11(13(8)17)14(19)18-12-7-9(16)5-6-10(12)15(20)21/h2-7H,1H3,(H,18,19)(H,20,21). The third-order valence-corrected chi connectivity index (χ3v) is 3.13. The van der Waals surface area contributed by atoms with Gasteiger partial charge in [-0.15, -0.1) is 0 Å². The molecule has 2 N–H and O–H groups in total. The summed E-state index contributed by atoms with van der Waals surface area (Å²) in [6, 6.07) is 8.37. The number of hydrogen-bond donors (Lipinski definition) is 2. The third-order valence-electron chi connectivity index (χ3n) is 2.90. The number of amides is 1. The number of nitrogens with one attached hydrogen (secondary N) is 1. The Morgan fingerprint density at radius 3 is 2.57 bits per heavy atom. The molecule has 2 rings (SSSR count). The lowest BCUT2D eigenvalue weighted by atomic mass is 10.1. The van der Waals surface area contributed by atoms with Crippen LogP contribution < -0.4 is 5.32 Å². The van der Waals surface area contributed by atoms with Crippen LogP contribution >= 0.6 is 11.6 Å². The zero-order valence-electron chi connectivity index (χ0n) is 11.0. The van der Waals surface area contributed by atoms with E-state index in [1.807, 2.05) is 0 Å². The number of carboxylic acids is 1. The van der Waals surface area contributed by atoms with Gasteiger partial charge in [0.15, 0.2) is 0 Å². The maximum Gasteiger partial charge on any atom is 0.337 e. The molecule has 0 radical (unpaired) electrons. The fourth-order valence-corrected chi connectivity index (χ4v) is 1.99. The Balaban J connectivity index is 2.38. The fourth-order valence-electron chi connectivity index (χ4n) is 1.82. The molecular formula is C15H11ClFNO3. The first-order valence-electron chi connectivity index (χ1n) is 5.99. The number of benzene rings is 2. The minimum Gasteiger partial charge on any atom is -0.478 e. The SMILES string of the molecule is Cc1cccc(C(=O)Nc2cc(Cl)ccc2C(=O)O)c1F. The number of aromatic carboxylic acids is 1. The lowest BCUT2D eigenvalue weighted by Gasteiger charge is -2.10. The van der Waals surface area contributed by atoms with E-state index in [2.05, 4.69) is 5.32 Å². The van der Waals surface area contributed by atoms with Gasteiger partial charge in [-0.05, 0) is 36.8 Å². The average Bonchev–Trinajstić information content (AvgIpc) is 2.41. The van der Waals surface area contributed by atoms with Crippen molar-refractivity contribution in [2.45, 2.75) is 6.92 Å². The van der Waals surface area contributed by atoms with E-state index in [4.69, 9.17) is 16.7 Å². The van der Waals surface area contributed by atoms with Crippen LogP contribution in [-0.2, 0) is 0 Å². The zero-order valence-corrected chi connectivity index (χ0v) is 11.7. The first kappa shape index (κ1) is 15.0. The highest BCUT2D eigenvalue weighted by molar-refractivity contribution is 6.31. The highest BCUT2D eigenvalue weighted by atomic mass is 35.5. The first-order valence-corrected chi connectivity index (χ1v) is 6.37. The third kappa shape index (κ3) is 3.20. The zero-order chi connectivity index (χ0) is 15.6. The van der Waals surface area contributed by atoms with Gasteiger partial charge in [-0.3, -0.25) is 4.79 Å². The van der Waals surface area contributed by atoms with Gasteiger partial charge in [-0.1, -0.05) is 23.7 Å². The van der Waals surface area contributed by atoms with Crippen LogP contribution in [0.3, 0.4) is 0 Å². The molecule has 2 aromatic carbocycles. The summed E-state index contributed by atoms with van der Waals surface area (Å²) in [5.74, 6) is -2.60. The molecule has 0 aliphatic carbocycles. The molecule has 0 saturated heterocycles. The Labute approximate surface area is 125 Å². The summed E-state index contributed by atoms with van der Waals surface area (Å²) in [4.78, 5) is 23.2. The largest absolute Gasteiger partial charge is 0.478 e. The first-order chi connectivity index (χ1) is 9.90. The lowest BCUT2D eigenvalue weighted by Crippen LogP contribution is -2.16. The summed E-state index contributed by atoms with van der Waals surface area (Å²) in [7, 11) is 0. The molecule has 0 bridgehead atoms. The molecule has 0 aromatic heterocycles. The molecule has 6 heteroatoms. The van der Waals surface area contributed by atoms with E-state index in [1.165, 1.54) is 37.3 Å². The Hall–Kier alpha value is -2.40. The molecule has 0 fully saturated rings. The van der Waals surface area contributed by atoms with Gasteiger partial charge in [0, 0.05) is 5.02 Å². The van der Waals surface area contributed by atoms with Crippen molar-refractivity contribution >= 4 is 29.2 Å². The topological polar surface area (TPSA) is 66.4 Å². The summed E-state index contributed by atoms with van der Waals surface area (Å²) in [5.41, 5.74) is 0.0558. The number of carbonyl (C=O) groups excluding carboxylic acids is 1. The van der Waals surface area contributed by atoms with Crippen LogP contribution in [-0.4, -0.2) is 17.0 Å². The summed E-state index contributed by atoms with van der Waals surface area (Å²) in [6.45, 7) is 1.54. The van der Waals surface area contributed by atoms with E-state index in [-0.39, 0.29) is 21.8 Å². The van der Waals surface area contributed by atoms with Gasteiger partial charge in [0.05, 0.1) is 16.8 Å². The van der Waals surface area contributed by atoms with Gasteiger partial charge >= 0.3 is 5.97 Å². The molecule has 0 saturated carbocycles. The van der Waals surface area contributed by atoms with Crippen molar-refractivity contribution < 1.29 is 19.1 Å². The van der Waals surface area contributed by atoms with Crippen LogP contribution in [0.2, 0.25) is 5.02 Å². The number of rotatable bonds is 3. The summed E-state index contributed by atoms with van der Waals surface area (Å²) in [5, 5.41) is 11.7. The minimum atomic E-state index is -1.22. The molecule has 1 amide bonds. The predicted octanol–water partition coefficient (Wildman–Crippen LogP) is 3.74. The number of aryl methyl sites for hydroxylation is 1. The molecule has 0 unspecified atom stereocenters. The van der Waals surface area contributed by atoms with Crippen LogP contribution in [0.5, 0.6) is 0 Å². The second kappa shape index (κ2) is 5.93. The lowest BCUT2D eigenvalue weighted by molar-refractivity contribution is 0.0698. The maximum absolute atomic E-state index is 13.9. The summed E-state index contributed by atoms with van der Waals surface area (Å²) in [6.07, 6.45) is 0. The molecule has 108 valence electrons. The molecule has 0 atom stereocenters. The van der Waals surface area contributed by atoms with Crippen molar-refractivity contribution in [2.24, 2.45) is 0 Å². The van der Waals surface area contributed by atoms with Crippen LogP contribution in [0.1, 0.15) is 26.3 Å². The van der Waals surface area contributed by atoms with Crippen LogP contribution in [0.4, 0.5) is 10.1 Å². The van der Waals surface area contributed by atoms with Crippen molar-refractivity contribution in [3.63, 3.8) is 0 Å². The minimum absolute atomic E-state index is 0.0147. The molecular weight excluding hydrogens is 297 g/mol. The monoisotopic (exact) mass is 307 g/mol. The highest BCUT2D eigenvalue weighted by Crippen LogP contribution is 2.22. The predicted molar refractivity (Wildman–Crippen MR) is 77.5 cm³/mol. The Morgan fingerprint density at radius 1 is 1.19 bits per heavy atom. The molecule has 0 spiro atoms. The number of halogens is 2. The molecule has 0 heterocycles. The second-order valence-corrected chi connectivity index (χ2v) is 4.82. The second-order valence-electron chi connectivity index (χ2n) is 4.39. The number of hydrogen-bond acceptors (Lipinski definition) is 2. The Bertz CT molecular complexity index is 731. The van der Waals surface area contributed by atoms with Crippen LogP contribution in [0.25, 0.3) is 0 Å². The van der Waals surface area contributed by atoms with E-state index >= 15 is 0 Å². The number of carbonyl (C=O) groups is 2. The highest BCUT2D eigenvalue weighted by Gasteiger charge is 2.17. The Kier molecular flexibility index (Phi) is 4.23. The number of anilines is 1.